The summed E-state index contributed by atoms with van der Waals surface area (Å²) in [6, 6.07) is 1.40. The zero-order valence-corrected chi connectivity index (χ0v) is 9.59. The number of hydrogen-bond acceptors (Lipinski definition) is 3. The van der Waals surface area contributed by atoms with Crippen molar-refractivity contribution in [2.45, 2.75) is 13.3 Å². The molecule has 0 bridgehead atoms. The second-order valence-electron chi connectivity index (χ2n) is 2.64. The van der Waals surface area contributed by atoms with E-state index in [1.165, 1.54) is 13.0 Å². The molecule has 0 aromatic carbocycles. The van der Waals surface area contributed by atoms with E-state index in [9.17, 15) is 18.0 Å². The van der Waals surface area contributed by atoms with Crippen LogP contribution >= 0.6 is 22.6 Å². The van der Waals surface area contributed by atoms with Crippen LogP contribution in [0.25, 0.3) is 0 Å². The van der Waals surface area contributed by atoms with Crippen LogP contribution in [-0.2, 0) is 0 Å². The van der Waals surface area contributed by atoms with Gasteiger partial charge in [0.05, 0.1) is 0 Å². The van der Waals surface area contributed by atoms with Gasteiger partial charge in [-0.25, -0.2) is 4.98 Å². The summed E-state index contributed by atoms with van der Waals surface area (Å²) in [6.07, 6.45) is -4.59. The standard InChI is InChI=1S/C8H5F3INO2/c1-4-2-6(12)13-5(3-14)7(4)15-8(9,10)11/h2-3H,1H3. The van der Waals surface area contributed by atoms with Crippen molar-refractivity contribution in [3.05, 3.63) is 21.0 Å². The van der Waals surface area contributed by atoms with Gasteiger partial charge in [0.2, 0.25) is 0 Å². The topological polar surface area (TPSA) is 39.2 Å². The fourth-order valence-electron chi connectivity index (χ4n) is 0.973. The molecule has 0 radical (unpaired) electrons. The molecule has 15 heavy (non-hydrogen) atoms. The second kappa shape index (κ2) is 4.33. The summed E-state index contributed by atoms with van der Waals surface area (Å²) < 4.78 is 40.1. The number of hydrogen-bond donors (Lipinski definition) is 0. The van der Waals surface area contributed by atoms with Crippen molar-refractivity contribution in [2.75, 3.05) is 0 Å². The molecule has 1 aromatic heterocycles. The minimum absolute atomic E-state index is 0.217. The van der Waals surface area contributed by atoms with Crippen molar-refractivity contribution in [1.29, 1.82) is 0 Å². The molecule has 1 rings (SSSR count). The molecule has 0 saturated carbocycles. The first kappa shape index (κ1) is 12.2. The SMILES string of the molecule is Cc1cc(I)nc(C=O)c1OC(F)(F)F. The van der Waals surface area contributed by atoms with Crippen LogP contribution in [0.3, 0.4) is 0 Å². The minimum Gasteiger partial charge on any atom is -0.403 e. The summed E-state index contributed by atoms with van der Waals surface area (Å²) in [5, 5.41) is 0. The maximum atomic E-state index is 12.0. The summed E-state index contributed by atoms with van der Waals surface area (Å²) in [6.45, 7) is 1.41. The predicted octanol–water partition coefficient (Wildman–Crippen LogP) is 2.71. The van der Waals surface area contributed by atoms with Crippen LogP contribution in [0.5, 0.6) is 5.75 Å². The molecule has 0 aliphatic rings. The van der Waals surface area contributed by atoms with Gasteiger partial charge < -0.3 is 4.74 Å². The molecule has 0 aliphatic carbocycles. The van der Waals surface area contributed by atoms with Crippen molar-refractivity contribution in [3.8, 4) is 5.75 Å². The van der Waals surface area contributed by atoms with Crippen molar-refractivity contribution in [2.24, 2.45) is 0 Å². The van der Waals surface area contributed by atoms with Gasteiger partial charge in [0.25, 0.3) is 0 Å². The minimum atomic E-state index is -4.82. The van der Waals surface area contributed by atoms with E-state index in [0.29, 0.717) is 3.70 Å². The Morgan fingerprint density at radius 2 is 2.13 bits per heavy atom. The molecule has 0 spiro atoms. The highest BCUT2D eigenvalue weighted by atomic mass is 127. The predicted molar refractivity (Wildman–Crippen MR) is 53.8 cm³/mol. The van der Waals surface area contributed by atoms with Gasteiger partial charge in [-0.3, -0.25) is 4.79 Å². The van der Waals surface area contributed by atoms with Crippen LogP contribution in [0.1, 0.15) is 16.1 Å². The third kappa shape index (κ3) is 3.33. The van der Waals surface area contributed by atoms with E-state index in [2.05, 4.69) is 9.72 Å². The smallest absolute Gasteiger partial charge is 0.403 e. The Balaban J connectivity index is 3.21. The molecule has 1 aromatic rings. The number of nitrogens with zero attached hydrogens (tertiary/aromatic N) is 1. The fraction of sp³-hybridized carbons (Fsp3) is 0.250. The molecular formula is C8H5F3INO2. The monoisotopic (exact) mass is 331 g/mol. The van der Waals surface area contributed by atoms with Crippen LogP contribution in [0.15, 0.2) is 6.07 Å². The Kier molecular flexibility index (Phi) is 3.53. The molecule has 0 unspecified atom stereocenters. The molecule has 7 heteroatoms. The van der Waals surface area contributed by atoms with E-state index in [1.54, 1.807) is 22.6 Å². The zero-order valence-electron chi connectivity index (χ0n) is 7.43. The summed E-state index contributed by atoms with van der Waals surface area (Å²) in [7, 11) is 0. The number of aldehydes is 1. The third-order valence-electron chi connectivity index (χ3n) is 1.48. The Morgan fingerprint density at radius 3 is 2.60 bits per heavy atom. The Bertz CT molecular complexity index is 392. The van der Waals surface area contributed by atoms with Gasteiger partial charge in [-0.1, -0.05) is 0 Å². The molecule has 82 valence electrons. The number of ether oxygens (including phenoxy) is 1. The highest BCUT2D eigenvalue weighted by Crippen LogP contribution is 2.28. The van der Waals surface area contributed by atoms with Crippen LogP contribution < -0.4 is 4.74 Å². The van der Waals surface area contributed by atoms with E-state index in [1.807, 2.05) is 0 Å². The van der Waals surface area contributed by atoms with Gasteiger partial charge in [-0.05, 0) is 41.1 Å². The quantitative estimate of drug-likeness (QED) is 0.475. The first-order chi connectivity index (χ1) is 6.83. The number of aromatic nitrogens is 1. The number of halogens is 4. The molecule has 1 heterocycles. The average Bonchev–Trinajstić information content (AvgIpc) is 2.07. The van der Waals surface area contributed by atoms with E-state index in [-0.39, 0.29) is 17.5 Å². The van der Waals surface area contributed by atoms with Gasteiger partial charge in [0.1, 0.15) is 9.39 Å². The molecule has 0 saturated heterocycles. The lowest BCUT2D eigenvalue weighted by atomic mass is 10.2. The van der Waals surface area contributed by atoms with Crippen LogP contribution in [0.4, 0.5) is 13.2 Å². The molecule has 0 fully saturated rings. The van der Waals surface area contributed by atoms with Gasteiger partial charge in [-0.15, -0.1) is 13.2 Å². The van der Waals surface area contributed by atoms with E-state index in [4.69, 9.17) is 0 Å². The maximum Gasteiger partial charge on any atom is 0.573 e. The largest absolute Gasteiger partial charge is 0.573 e. The van der Waals surface area contributed by atoms with Crippen molar-refractivity contribution in [1.82, 2.24) is 4.98 Å². The molecule has 3 nitrogen and oxygen atoms in total. The molecule has 0 amide bonds. The van der Waals surface area contributed by atoms with Crippen molar-refractivity contribution < 1.29 is 22.7 Å². The lowest BCUT2D eigenvalue weighted by Crippen LogP contribution is -2.19. The highest BCUT2D eigenvalue weighted by Gasteiger charge is 2.33. The number of carbonyl (C=O) groups is 1. The lowest BCUT2D eigenvalue weighted by Gasteiger charge is -2.12. The van der Waals surface area contributed by atoms with Crippen molar-refractivity contribution >= 4 is 28.9 Å². The Hall–Kier alpha value is -0.860. The van der Waals surface area contributed by atoms with Crippen LogP contribution in [0, 0.1) is 10.6 Å². The van der Waals surface area contributed by atoms with Crippen LogP contribution in [0.2, 0.25) is 0 Å². The van der Waals surface area contributed by atoms with Gasteiger partial charge in [-0.2, -0.15) is 0 Å². The Morgan fingerprint density at radius 1 is 1.53 bits per heavy atom. The molecule has 0 N–H and O–H groups in total. The van der Waals surface area contributed by atoms with E-state index >= 15 is 0 Å². The summed E-state index contributed by atoms with van der Waals surface area (Å²) >= 11 is 1.80. The number of carbonyl (C=O) groups excluding carboxylic acids is 1. The molecule has 0 aliphatic heterocycles. The van der Waals surface area contributed by atoms with E-state index in [0.717, 1.165) is 0 Å². The van der Waals surface area contributed by atoms with Crippen LogP contribution in [-0.4, -0.2) is 17.6 Å². The maximum absolute atomic E-state index is 12.0. The van der Waals surface area contributed by atoms with E-state index < -0.39 is 12.1 Å². The number of aryl methyl sites for hydroxylation is 1. The van der Waals surface area contributed by atoms with Gasteiger partial charge in [0.15, 0.2) is 12.0 Å². The zero-order chi connectivity index (χ0) is 11.6. The molecular weight excluding hydrogens is 326 g/mol. The first-order valence-corrected chi connectivity index (χ1v) is 4.79. The molecule has 0 atom stereocenters. The lowest BCUT2D eigenvalue weighted by molar-refractivity contribution is -0.275. The van der Waals surface area contributed by atoms with Gasteiger partial charge >= 0.3 is 6.36 Å². The average molecular weight is 331 g/mol. The second-order valence-corrected chi connectivity index (χ2v) is 3.75. The summed E-state index contributed by atoms with van der Waals surface area (Å²) in [5.74, 6) is -0.544. The fourth-order valence-corrected chi connectivity index (χ4v) is 1.70. The highest BCUT2D eigenvalue weighted by molar-refractivity contribution is 14.1. The Labute approximate surface area is 96.8 Å². The first-order valence-electron chi connectivity index (χ1n) is 3.71. The number of rotatable bonds is 2. The number of alkyl halides is 3. The van der Waals surface area contributed by atoms with Crippen molar-refractivity contribution in [3.63, 3.8) is 0 Å². The normalized spacial score (nSPS) is 11.3. The number of pyridine rings is 1. The summed E-state index contributed by atoms with van der Waals surface area (Å²) in [4.78, 5) is 14.1. The summed E-state index contributed by atoms with van der Waals surface area (Å²) in [5.41, 5.74) is -0.134. The third-order valence-corrected chi connectivity index (χ3v) is 2.04. The van der Waals surface area contributed by atoms with Gasteiger partial charge in [0, 0.05) is 0 Å².